The largest absolute Gasteiger partial charge is 1.00 e. The molecule has 1 unspecified atom stereocenters. The van der Waals surface area contributed by atoms with Gasteiger partial charge in [0.05, 0.1) is 0 Å². The molecule has 20 heavy (non-hydrogen) atoms. The number of carboxylic acid groups (broad SMARTS) is 1. The Kier molecular flexibility index (Phi) is 3.67. The minimum atomic E-state index is -1.37. The Bertz CT molecular complexity index is 569. The number of hydrogen-bond donors (Lipinski definition) is 1. The van der Waals surface area contributed by atoms with Gasteiger partial charge in [0, 0.05) is 11.5 Å². The third-order valence-corrected chi connectivity index (χ3v) is 4.58. The molecule has 3 atom stereocenters. The first-order valence-electron chi connectivity index (χ1n) is 6.53. The molecule has 0 bridgehead atoms. The molecule has 108 valence electrons. The molecule has 0 aromatic heterocycles. The van der Waals surface area contributed by atoms with Gasteiger partial charge < -0.3 is 26.8 Å². The van der Waals surface area contributed by atoms with Crippen molar-refractivity contribution in [2.45, 2.75) is 26.2 Å². The summed E-state index contributed by atoms with van der Waals surface area (Å²) in [5.41, 5.74) is -0.516. The summed E-state index contributed by atoms with van der Waals surface area (Å²) in [6, 6.07) is 7.26. The highest BCUT2D eigenvalue weighted by Gasteiger charge is 2.68. The molecule has 5 heteroatoms. The number of halogens is 1. The lowest BCUT2D eigenvalue weighted by Gasteiger charge is -2.54. The fourth-order valence-electron chi connectivity index (χ4n) is 3.48. The van der Waals surface area contributed by atoms with E-state index in [0.717, 1.165) is 5.56 Å². The van der Waals surface area contributed by atoms with Gasteiger partial charge in [-0.25, -0.2) is 0 Å². The zero-order valence-corrected chi connectivity index (χ0v) is 12.9. The minimum absolute atomic E-state index is 0. The van der Waals surface area contributed by atoms with Crippen LogP contribution >= 0.6 is 0 Å². The maximum Gasteiger partial charge on any atom is 0.329 e. The Morgan fingerprint density at radius 3 is 2.65 bits per heavy atom. The van der Waals surface area contributed by atoms with Crippen molar-refractivity contribution in [1.82, 2.24) is 0 Å². The molecule has 1 fully saturated rings. The number of rotatable bonds is 2. The molecule has 0 radical (unpaired) electrons. The smallest absolute Gasteiger partial charge is 0.329 e. The number of carbonyl (C=O) groups is 2. The second kappa shape index (κ2) is 4.88. The van der Waals surface area contributed by atoms with E-state index in [9.17, 15) is 14.7 Å². The van der Waals surface area contributed by atoms with E-state index in [1.807, 2.05) is 12.1 Å². The summed E-state index contributed by atoms with van der Waals surface area (Å²) >= 11 is 0. The van der Waals surface area contributed by atoms with E-state index < -0.39 is 17.4 Å². The van der Waals surface area contributed by atoms with Crippen LogP contribution in [0.2, 0.25) is 0 Å². The highest BCUT2D eigenvalue weighted by atomic mass is 79.9. The van der Waals surface area contributed by atoms with Gasteiger partial charge in [0.15, 0.2) is 5.41 Å². The van der Waals surface area contributed by atoms with Gasteiger partial charge in [0.1, 0.15) is 5.75 Å². The van der Waals surface area contributed by atoms with Crippen molar-refractivity contribution < 1.29 is 36.4 Å². The van der Waals surface area contributed by atoms with Crippen molar-refractivity contribution in [1.29, 1.82) is 0 Å². The van der Waals surface area contributed by atoms with Crippen LogP contribution in [0.4, 0.5) is 0 Å². The molecule has 4 nitrogen and oxygen atoms in total. The van der Waals surface area contributed by atoms with Gasteiger partial charge in [0.25, 0.3) is 0 Å². The third-order valence-electron chi connectivity index (χ3n) is 4.58. The number of para-hydroxylation sites is 1. The van der Waals surface area contributed by atoms with Crippen LogP contribution in [0.1, 0.15) is 31.7 Å². The molecule has 1 aromatic carbocycles. The maximum absolute atomic E-state index is 12.1. The highest BCUT2D eigenvalue weighted by Crippen LogP contribution is 2.63. The third kappa shape index (κ3) is 1.72. The number of benzene rings is 1. The normalized spacial score (nSPS) is 30.4. The molecule has 1 N–H and O–H groups in total. The van der Waals surface area contributed by atoms with Gasteiger partial charge in [-0.05, 0) is 24.3 Å². The summed E-state index contributed by atoms with van der Waals surface area (Å²) in [6.07, 6.45) is 0.373. The Hall–Kier alpha value is -1.36. The fraction of sp³-hybridized carbons (Fsp3) is 0.467. The predicted octanol–water partition coefficient (Wildman–Crippen LogP) is -0.560. The summed E-state index contributed by atoms with van der Waals surface area (Å²) in [4.78, 5) is 23.8. The molecular weight excluding hydrogens is 324 g/mol. The second-order valence-electron chi connectivity index (χ2n) is 5.79. The zero-order valence-electron chi connectivity index (χ0n) is 11.3. The Morgan fingerprint density at radius 2 is 2.05 bits per heavy atom. The SMILES string of the molecule is CC(C)C1C[C@@]2(C(=O)O)C(=O)Oc3ccccc3[C@@H]12.[Br-]. The molecular formula is C15H16BrO4-. The monoisotopic (exact) mass is 339 g/mol. The number of aliphatic carboxylic acids is 1. The van der Waals surface area contributed by atoms with Gasteiger partial charge in [-0.1, -0.05) is 32.0 Å². The molecule has 3 rings (SSSR count). The van der Waals surface area contributed by atoms with Crippen LogP contribution in [0.5, 0.6) is 5.75 Å². The summed E-state index contributed by atoms with van der Waals surface area (Å²) < 4.78 is 5.24. The first kappa shape index (κ1) is 15.0. The Balaban J connectivity index is 0.00000147. The van der Waals surface area contributed by atoms with E-state index in [1.54, 1.807) is 12.1 Å². The Labute approximate surface area is 127 Å². The number of hydrogen-bond acceptors (Lipinski definition) is 3. The predicted molar refractivity (Wildman–Crippen MR) is 67.8 cm³/mol. The van der Waals surface area contributed by atoms with Gasteiger partial charge in [-0.3, -0.25) is 9.59 Å². The van der Waals surface area contributed by atoms with E-state index in [1.165, 1.54) is 0 Å². The van der Waals surface area contributed by atoms with Crippen molar-refractivity contribution in [3.63, 3.8) is 0 Å². The van der Waals surface area contributed by atoms with Crippen molar-refractivity contribution in [2.75, 3.05) is 0 Å². The summed E-state index contributed by atoms with van der Waals surface area (Å²) in [6.45, 7) is 4.14. The van der Waals surface area contributed by atoms with Crippen LogP contribution < -0.4 is 21.7 Å². The topological polar surface area (TPSA) is 63.6 Å². The van der Waals surface area contributed by atoms with Crippen LogP contribution in [0.15, 0.2) is 24.3 Å². The van der Waals surface area contributed by atoms with Crippen molar-refractivity contribution in [3.05, 3.63) is 29.8 Å². The average Bonchev–Trinajstić information content (AvgIpc) is 2.28. The number of ether oxygens (including phenoxy) is 1. The lowest BCUT2D eigenvalue weighted by atomic mass is 9.48. The summed E-state index contributed by atoms with van der Waals surface area (Å²) in [5.74, 6) is -0.863. The van der Waals surface area contributed by atoms with Crippen LogP contribution in [-0.4, -0.2) is 17.0 Å². The van der Waals surface area contributed by atoms with Crippen molar-refractivity contribution in [3.8, 4) is 5.75 Å². The van der Waals surface area contributed by atoms with Crippen LogP contribution in [0, 0.1) is 17.3 Å². The second-order valence-corrected chi connectivity index (χ2v) is 5.79. The lowest BCUT2D eigenvalue weighted by molar-refractivity contribution is -0.182. The standard InChI is InChI=1S/C15H16O4.BrH/c1-8(2)10-7-15(13(16)17)12(10)9-5-3-4-6-11(9)19-14(15)18;/h3-6,8,10,12H,7H2,1-2H3,(H,16,17);1H/p-1/t10?,12-,15+;/m0./s1. The average molecular weight is 340 g/mol. The molecule has 0 amide bonds. The van der Waals surface area contributed by atoms with E-state index in [4.69, 9.17) is 4.74 Å². The molecule has 2 aliphatic rings. The highest BCUT2D eigenvalue weighted by molar-refractivity contribution is 6.04. The summed E-state index contributed by atoms with van der Waals surface area (Å²) in [5, 5.41) is 9.51. The molecule has 1 aromatic rings. The van der Waals surface area contributed by atoms with Crippen molar-refractivity contribution in [2.24, 2.45) is 17.3 Å². The van der Waals surface area contributed by atoms with E-state index in [-0.39, 0.29) is 28.8 Å². The van der Waals surface area contributed by atoms with Gasteiger partial charge >= 0.3 is 11.9 Å². The first-order chi connectivity index (χ1) is 8.98. The van der Waals surface area contributed by atoms with Crippen LogP contribution in [0.3, 0.4) is 0 Å². The van der Waals surface area contributed by atoms with Crippen molar-refractivity contribution >= 4 is 11.9 Å². The van der Waals surface area contributed by atoms with E-state index >= 15 is 0 Å². The lowest BCUT2D eigenvalue weighted by Crippen LogP contribution is -3.00. The molecule has 1 aliphatic heterocycles. The molecule has 0 spiro atoms. The first-order valence-corrected chi connectivity index (χ1v) is 6.53. The zero-order chi connectivity index (χ0) is 13.8. The summed E-state index contributed by atoms with van der Waals surface area (Å²) in [7, 11) is 0. The molecule has 0 saturated heterocycles. The van der Waals surface area contributed by atoms with Gasteiger partial charge in [-0.15, -0.1) is 0 Å². The molecule has 1 heterocycles. The van der Waals surface area contributed by atoms with E-state index in [0.29, 0.717) is 18.1 Å². The molecule has 1 saturated carbocycles. The Morgan fingerprint density at radius 1 is 1.40 bits per heavy atom. The van der Waals surface area contributed by atoms with Crippen LogP contribution in [-0.2, 0) is 9.59 Å². The van der Waals surface area contributed by atoms with Gasteiger partial charge in [0.2, 0.25) is 0 Å². The van der Waals surface area contributed by atoms with E-state index in [2.05, 4.69) is 13.8 Å². The van der Waals surface area contributed by atoms with Crippen LogP contribution in [0.25, 0.3) is 0 Å². The number of fused-ring (bicyclic) bond motifs is 3. The minimum Gasteiger partial charge on any atom is -1.00 e. The maximum atomic E-state index is 12.1. The number of esters is 1. The molecule has 1 aliphatic carbocycles. The number of carboxylic acids is 1. The number of carbonyl (C=O) groups excluding carboxylic acids is 1. The van der Waals surface area contributed by atoms with Gasteiger partial charge in [-0.2, -0.15) is 0 Å². The quantitative estimate of drug-likeness (QED) is 0.445. The fourth-order valence-corrected chi connectivity index (χ4v) is 3.48.